The third kappa shape index (κ3) is 8.79. The predicted octanol–water partition coefficient (Wildman–Crippen LogP) is 2.64. The highest BCUT2D eigenvalue weighted by Crippen LogP contribution is 2.17. The van der Waals surface area contributed by atoms with Crippen molar-refractivity contribution in [2.45, 2.75) is 70.9 Å². The molecule has 2 rings (SSSR count). The molecule has 2 N–H and O–H groups in total. The van der Waals surface area contributed by atoms with Crippen molar-refractivity contribution in [2.24, 2.45) is 10.9 Å². The van der Waals surface area contributed by atoms with Crippen molar-refractivity contribution < 1.29 is 9.47 Å². The van der Waals surface area contributed by atoms with Gasteiger partial charge in [-0.3, -0.25) is 9.89 Å². The molecule has 6 nitrogen and oxygen atoms in total. The van der Waals surface area contributed by atoms with Crippen LogP contribution in [0.1, 0.15) is 58.8 Å². The van der Waals surface area contributed by atoms with Crippen molar-refractivity contribution in [1.82, 2.24) is 15.5 Å². The Morgan fingerprint density at radius 1 is 1.11 bits per heavy atom. The highest BCUT2D eigenvalue weighted by atomic mass is 16.5. The summed E-state index contributed by atoms with van der Waals surface area (Å²) >= 11 is 0. The number of rotatable bonds is 9. The average Bonchev–Trinajstić information content (AvgIpc) is 2.96. The number of likely N-dealkylation sites (tertiary alicyclic amines) is 1. The topological polar surface area (TPSA) is 58.1 Å². The standard InChI is InChI=1S/C21H42N4O2/c1-18(2)20(25-12-6-4-5-7-13-25)17-24-21(22-3)23-11-8-14-27-19-9-15-26-16-10-19/h18-20H,4-17H2,1-3H3,(H2,22,23,24). The molecule has 0 aromatic heterocycles. The molecule has 0 bridgehead atoms. The lowest BCUT2D eigenvalue weighted by atomic mass is 10.0. The maximum absolute atomic E-state index is 5.93. The van der Waals surface area contributed by atoms with Crippen molar-refractivity contribution in [1.29, 1.82) is 0 Å². The van der Waals surface area contributed by atoms with Gasteiger partial charge in [0.1, 0.15) is 0 Å². The van der Waals surface area contributed by atoms with Gasteiger partial charge in [0, 0.05) is 46.0 Å². The van der Waals surface area contributed by atoms with Gasteiger partial charge >= 0.3 is 0 Å². The molecule has 0 spiro atoms. The Bertz CT molecular complexity index is 403. The van der Waals surface area contributed by atoms with Gasteiger partial charge in [-0.2, -0.15) is 0 Å². The molecule has 0 aromatic carbocycles. The largest absolute Gasteiger partial charge is 0.381 e. The summed E-state index contributed by atoms with van der Waals surface area (Å²) in [4.78, 5) is 7.07. The highest BCUT2D eigenvalue weighted by Gasteiger charge is 2.22. The Morgan fingerprint density at radius 2 is 1.81 bits per heavy atom. The van der Waals surface area contributed by atoms with Crippen molar-refractivity contribution in [3.05, 3.63) is 0 Å². The van der Waals surface area contributed by atoms with E-state index in [1.807, 2.05) is 7.05 Å². The fraction of sp³-hybridized carbons (Fsp3) is 0.952. The summed E-state index contributed by atoms with van der Waals surface area (Å²) in [6.45, 7) is 11.5. The lowest BCUT2D eigenvalue weighted by Gasteiger charge is -2.34. The quantitative estimate of drug-likeness (QED) is 0.365. The lowest BCUT2D eigenvalue weighted by molar-refractivity contribution is -0.0320. The van der Waals surface area contributed by atoms with Crippen LogP contribution in [-0.4, -0.2) is 76.1 Å². The van der Waals surface area contributed by atoms with Crippen molar-refractivity contribution >= 4 is 5.96 Å². The third-order valence-electron chi connectivity index (χ3n) is 5.72. The maximum Gasteiger partial charge on any atom is 0.191 e. The number of nitrogens with zero attached hydrogens (tertiary/aromatic N) is 2. The minimum absolute atomic E-state index is 0.386. The molecular weight excluding hydrogens is 340 g/mol. The van der Waals surface area contributed by atoms with Crippen LogP contribution < -0.4 is 10.6 Å². The molecule has 158 valence electrons. The van der Waals surface area contributed by atoms with Gasteiger partial charge in [0.15, 0.2) is 5.96 Å². The van der Waals surface area contributed by atoms with Crippen LogP contribution in [0.15, 0.2) is 4.99 Å². The molecule has 0 aliphatic carbocycles. The van der Waals surface area contributed by atoms with E-state index in [0.29, 0.717) is 18.1 Å². The zero-order valence-electron chi connectivity index (χ0n) is 17.8. The number of aliphatic imine (C=N–C) groups is 1. The predicted molar refractivity (Wildman–Crippen MR) is 112 cm³/mol. The number of ether oxygens (including phenoxy) is 2. The first-order valence-electron chi connectivity index (χ1n) is 11.1. The second kappa shape index (κ2) is 13.3. The number of hydrogen-bond donors (Lipinski definition) is 2. The normalized spacial score (nSPS) is 21.9. The van der Waals surface area contributed by atoms with Crippen LogP contribution in [0.5, 0.6) is 0 Å². The second-order valence-electron chi connectivity index (χ2n) is 8.18. The van der Waals surface area contributed by atoms with E-state index in [-0.39, 0.29) is 0 Å². The summed E-state index contributed by atoms with van der Waals surface area (Å²) in [5.41, 5.74) is 0. The number of guanidine groups is 1. The van der Waals surface area contributed by atoms with Gasteiger partial charge in [-0.05, 0) is 51.1 Å². The van der Waals surface area contributed by atoms with Crippen LogP contribution in [0.2, 0.25) is 0 Å². The van der Waals surface area contributed by atoms with E-state index >= 15 is 0 Å². The Kier molecular flexibility index (Phi) is 11.1. The molecule has 2 heterocycles. The van der Waals surface area contributed by atoms with E-state index in [4.69, 9.17) is 9.47 Å². The summed E-state index contributed by atoms with van der Waals surface area (Å²) in [6.07, 6.45) is 8.89. The monoisotopic (exact) mass is 382 g/mol. The molecule has 2 aliphatic heterocycles. The van der Waals surface area contributed by atoms with Gasteiger partial charge in [0.2, 0.25) is 0 Å². The van der Waals surface area contributed by atoms with E-state index in [2.05, 4.69) is 34.4 Å². The Hall–Kier alpha value is -0.850. The number of nitrogens with one attached hydrogen (secondary N) is 2. The molecule has 2 aliphatic rings. The molecule has 0 amide bonds. The average molecular weight is 383 g/mol. The van der Waals surface area contributed by atoms with Gasteiger partial charge in [0.05, 0.1) is 6.10 Å². The summed E-state index contributed by atoms with van der Waals surface area (Å²) in [6, 6.07) is 0.568. The van der Waals surface area contributed by atoms with Crippen LogP contribution in [0.25, 0.3) is 0 Å². The van der Waals surface area contributed by atoms with Crippen molar-refractivity contribution in [3.63, 3.8) is 0 Å². The third-order valence-corrected chi connectivity index (χ3v) is 5.72. The highest BCUT2D eigenvalue weighted by molar-refractivity contribution is 5.79. The molecule has 6 heteroatoms. The van der Waals surface area contributed by atoms with E-state index in [1.54, 1.807) is 0 Å². The molecule has 1 unspecified atom stereocenters. The summed E-state index contributed by atoms with van der Waals surface area (Å²) in [5.74, 6) is 1.54. The minimum Gasteiger partial charge on any atom is -0.381 e. The zero-order valence-corrected chi connectivity index (χ0v) is 17.8. The van der Waals surface area contributed by atoms with E-state index in [0.717, 1.165) is 58.1 Å². The summed E-state index contributed by atoms with van der Waals surface area (Å²) in [5, 5.41) is 6.98. The van der Waals surface area contributed by atoms with E-state index in [1.165, 1.54) is 38.8 Å². The van der Waals surface area contributed by atoms with Gasteiger partial charge in [-0.1, -0.05) is 26.7 Å². The Labute approximate surface area is 166 Å². The smallest absolute Gasteiger partial charge is 0.191 e. The summed E-state index contributed by atoms with van der Waals surface area (Å²) in [7, 11) is 1.85. The lowest BCUT2D eigenvalue weighted by Crippen LogP contribution is -2.49. The van der Waals surface area contributed by atoms with Gasteiger partial charge in [-0.15, -0.1) is 0 Å². The van der Waals surface area contributed by atoms with Crippen LogP contribution in [0.3, 0.4) is 0 Å². The first kappa shape index (κ1) is 22.4. The van der Waals surface area contributed by atoms with Gasteiger partial charge in [-0.25, -0.2) is 0 Å². The van der Waals surface area contributed by atoms with Crippen LogP contribution in [0, 0.1) is 5.92 Å². The minimum atomic E-state index is 0.386. The Morgan fingerprint density at radius 3 is 2.44 bits per heavy atom. The first-order valence-corrected chi connectivity index (χ1v) is 11.1. The molecule has 2 saturated heterocycles. The van der Waals surface area contributed by atoms with Crippen LogP contribution in [-0.2, 0) is 9.47 Å². The van der Waals surface area contributed by atoms with Crippen molar-refractivity contribution in [3.8, 4) is 0 Å². The molecule has 0 saturated carbocycles. The Balaban J connectivity index is 1.63. The molecule has 27 heavy (non-hydrogen) atoms. The first-order chi connectivity index (χ1) is 13.2. The van der Waals surface area contributed by atoms with Crippen LogP contribution in [0.4, 0.5) is 0 Å². The maximum atomic E-state index is 5.93. The second-order valence-corrected chi connectivity index (χ2v) is 8.18. The summed E-state index contributed by atoms with van der Waals surface area (Å²) < 4.78 is 11.3. The van der Waals surface area contributed by atoms with Gasteiger partial charge < -0.3 is 20.1 Å². The van der Waals surface area contributed by atoms with E-state index < -0.39 is 0 Å². The molecule has 0 aromatic rings. The zero-order chi connectivity index (χ0) is 19.3. The molecular formula is C21H42N4O2. The number of hydrogen-bond acceptors (Lipinski definition) is 4. The molecule has 0 radical (unpaired) electrons. The van der Waals surface area contributed by atoms with E-state index in [9.17, 15) is 0 Å². The molecule has 2 fully saturated rings. The van der Waals surface area contributed by atoms with Gasteiger partial charge in [0.25, 0.3) is 0 Å². The SMILES string of the molecule is CN=C(NCCCOC1CCOCC1)NCC(C(C)C)N1CCCCCC1. The van der Waals surface area contributed by atoms with Crippen LogP contribution >= 0.6 is 0 Å². The molecule has 1 atom stereocenters. The van der Waals surface area contributed by atoms with Crippen molar-refractivity contribution in [2.75, 3.05) is 53.0 Å². The fourth-order valence-corrected chi connectivity index (χ4v) is 4.01. The fourth-order valence-electron chi connectivity index (χ4n) is 4.01.